The third-order valence-corrected chi connectivity index (χ3v) is 3.93. The lowest BCUT2D eigenvalue weighted by atomic mass is 9.77. The minimum atomic E-state index is -0.112. The lowest BCUT2D eigenvalue weighted by Crippen LogP contribution is -2.17. The second kappa shape index (κ2) is 6.61. The monoisotopic (exact) mass is 298 g/mol. The zero-order valence-electron chi connectivity index (χ0n) is 15.0. The molecule has 0 bridgehead atoms. The van der Waals surface area contributed by atoms with Gasteiger partial charge in [-0.2, -0.15) is 0 Å². The van der Waals surface area contributed by atoms with Gasteiger partial charge in [0.05, 0.1) is 0 Å². The maximum atomic E-state index is 10.7. The Morgan fingerprint density at radius 2 is 1.55 bits per heavy atom. The third-order valence-electron chi connectivity index (χ3n) is 3.93. The summed E-state index contributed by atoms with van der Waals surface area (Å²) in [6.07, 6.45) is 7.94. The Balaban J connectivity index is 3.36. The highest BCUT2D eigenvalue weighted by Crippen LogP contribution is 2.41. The Labute approximate surface area is 136 Å². The van der Waals surface area contributed by atoms with Gasteiger partial charge in [0.2, 0.25) is 0 Å². The van der Waals surface area contributed by atoms with Gasteiger partial charge in [-0.3, -0.25) is 0 Å². The molecule has 0 atom stereocenters. The highest BCUT2D eigenvalue weighted by Gasteiger charge is 2.26. The fraction of sp³-hybridized carbons (Fsp3) is 0.524. The van der Waals surface area contributed by atoms with E-state index in [4.69, 9.17) is 6.42 Å². The van der Waals surface area contributed by atoms with Crippen molar-refractivity contribution in [2.24, 2.45) is 0 Å². The van der Waals surface area contributed by atoms with Crippen LogP contribution in [0.4, 0.5) is 0 Å². The molecule has 0 spiro atoms. The van der Waals surface area contributed by atoms with Crippen LogP contribution < -0.4 is 0 Å². The molecular formula is C21H30O. The molecular weight excluding hydrogens is 268 g/mol. The number of phenols is 1. The minimum Gasteiger partial charge on any atom is -0.507 e. The SMILES string of the molecule is C#CCCCC(=C)c1cc(C(C)(C)C)c(O)c(C(C)(C)C)c1. The number of hydrogen-bond acceptors (Lipinski definition) is 1. The van der Waals surface area contributed by atoms with E-state index in [-0.39, 0.29) is 10.8 Å². The molecule has 0 unspecified atom stereocenters. The molecule has 1 N–H and O–H groups in total. The quantitative estimate of drug-likeness (QED) is 0.550. The smallest absolute Gasteiger partial charge is 0.123 e. The number of phenolic OH excluding ortho intramolecular Hbond substituents is 1. The molecule has 0 aliphatic heterocycles. The van der Waals surface area contributed by atoms with Gasteiger partial charge >= 0.3 is 0 Å². The van der Waals surface area contributed by atoms with Gasteiger partial charge in [-0.05, 0) is 46.9 Å². The topological polar surface area (TPSA) is 20.2 Å². The standard InChI is InChI=1S/C21H30O/c1-9-10-11-12-15(2)16-13-17(20(3,4)5)19(22)18(14-16)21(6,7)8/h1,13-14,22H,2,10-12H2,3-8H3. The van der Waals surface area contributed by atoms with Crippen LogP contribution in [0.3, 0.4) is 0 Å². The van der Waals surface area contributed by atoms with E-state index in [0.29, 0.717) is 5.75 Å². The van der Waals surface area contributed by atoms with Gasteiger partial charge in [0.1, 0.15) is 5.75 Å². The van der Waals surface area contributed by atoms with Gasteiger partial charge in [-0.1, -0.05) is 48.1 Å². The van der Waals surface area contributed by atoms with E-state index < -0.39 is 0 Å². The molecule has 0 radical (unpaired) electrons. The van der Waals surface area contributed by atoms with Crippen LogP contribution in [0.25, 0.3) is 5.57 Å². The fourth-order valence-electron chi connectivity index (χ4n) is 2.53. The summed E-state index contributed by atoms with van der Waals surface area (Å²) < 4.78 is 0. The van der Waals surface area contributed by atoms with Gasteiger partial charge in [0, 0.05) is 17.5 Å². The fourth-order valence-corrected chi connectivity index (χ4v) is 2.53. The average Bonchev–Trinajstić information content (AvgIpc) is 2.36. The molecule has 1 rings (SSSR count). The summed E-state index contributed by atoms with van der Waals surface area (Å²) in [5.74, 6) is 3.09. The van der Waals surface area contributed by atoms with E-state index in [0.717, 1.165) is 41.5 Å². The molecule has 1 nitrogen and oxygen atoms in total. The lowest BCUT2D eigenvalue weighted by Gasteiger charge is -2.28. The molecule has 120 valence electrons. The van der Waals surface area contributed by atoms with Crippen LogP contribution in [-0.2, 0) is 10.8 Å². The van der Waals surface area contributed by atoms with Crippen molar-refractivity contribution in [1.82, 2.24) is 0 Å². The predicted molar refractivity (Wildman–Crippen MR) is 97.2 cm³/mol. The van der Waals surface area contributed by atoms with Crippen LogP contribution >= 0.6 is 0 Å². The molecule has 1 heteroatoms. The first-order valence-corrected chi connectivity index (χ1v) is 7.98. The van der Waals surface area contributed by atoms with Crippen LogP contribution in [0, 0.1) is 12.3 Å². The number of rotatable bonds is 4. The van der Waals surface area contributed by atoms with Crippen molar-refractivity contribution < 1.29 is 5.11 Å². The summed E-state index contributed by atoms with van der Waals surface area (Å²) in [4.78, 5) is 0. The Kier molecular flexibility index (Phi) is 5.52. The van der Waals surface area contributed by atoms with E-state index in [1.807, 2.05) is 0 Å². The van der Waals surface area contributed by atoms with E-state index in [1.165, 1.54) is 0 Å². The van der Waals surface area contributed by atoms with E-state index in [9.17, 15) is 5.11 Å². The van der Waals surface area contributed by atoms with Gasteiger partial charge in [0.15, 0.2) is 0 Å². The molecule has 0 aliphatic carbocycles. The van der Waals surface area contributed by atoms with E-state index >= 15 is 0 Å². The molecule has 0 saturated heterocycles. The largest absolute Gasteiger partial charge is 0.507 e. The van der Waals surface area contributed by atoms with Gasteiger partial charge in [-0.15, -0.1) is 12.3 Å². The third kappa shape index (κ3) is 4.41. The van der Waals surface area contributed by atoms with Crippen molar-refractivity contribution in [3.8, 4) is 18.1 Å². The normalized spacial score (nSPS) is 12.0. The van der Waals surface area contributed by atoms with Crippen LogP contribution in [0.1, 0.15) is 77.5 Å². The summed E-state index contributed by atoms with van der Waals surface area (Å²) in [7, 11) is 0. The maximum Gasteiger partial charge on any atom is 0.123 e. The molecule has 1 aromatic rings. The summed E-state index contributed by atoms with van der Waals surface area (Å²) >= 11 is 0. The maximum absolute atomic E-state index is 10.7. The van der Waals surface area contributed by atoms with Gasteiger partial charge in [-0.25, -0.2) is 0 Å². The highest BCUT2D eigenvalue weighted by atomic mass is 16.3. The van der Waals surface area contributed by atoms with Crippen LogP contribution in [0.2, 0.25) is 0 Å². The van der Waals surface area contributed by atoms with Crippen LogP contribution in [0.15, 0.2) is 18.7 Å². The molecule has 0 fully saturated rings. The Morgan fingerprint density at radius 1 is 1.09 bits per heavy atom. The molecule has 1 aromatic carbocycles. The van der Waals surface area contributed by atoms with E-state index in [2.05, 4.69) is 66.2 Å². The number of unbranched alkanes of at least 4 members (excludes halogenated alkanes) is 1. The highest BCUT2D eigenvalue weighted by molar-refractivity contribution is 5.67. The van der Waals surface area contributed by atoms with Crippen molar-refractivity contribution in [1.29, 1.82) is 0 Å². The molecule has 22 heavy (non-hydrogen) atoms. The van der Waals surface area contributed by atoms with Crippen LogP contribution in [0.5, 0.6) is 5.75 Å². The minimum absolute atomic E-state index is 0.112. The summed E-state index contributed by atoms with van der Waals surface area (Å²) in [6, 6.07) is 4.17. The number of benzene rings is 1. The Bertz CT molecular complexity index is 551. The zero-order valence-corrected chi connectivity index (χ0v) is 15.0. The second-order valence-electron chi connectivity index (χ2n) is 8.08. The van der Waals surface area contributed by atoms with E-state index in [1.54, 1.807) is 0 Å². The molecule has 0 aromatic heterocycles. The first-order valence-electron chi connectivity index (χ1n) is 7.98. The van der Waals surface area contributed by atoms with Crippen molar-refractivity contribution in [2.75, 3.05) is 0 Å². The first kappa shape index (κ1) is 18.4. The van der Waals surface area contributed by atoms with Crippen molar-refractivity contribution in [2.45, 2.75) is 71.6 Å². The predicted octanol–water partition coefficient (Wildman–Crippen LogP) is 5.80. The lowest BCUT2D eigenvalue weighted by molar-refractivity contribution is 0.423. The summed E-state index contributed by atoms with van der Waals surface area (Å²) in [5.41, 5.74) is 3.94. The summed E-state index contributed by atoms with van der Waals surface area (Å²) in [6.45, 7) is 17.0. The Morgan fingerprint density at radius 3 is 1.91 bits per heavy atom. The van der Waals surface area contributed by atoms with Crippen molar-refractivity contribution in [3.05, 3.63) is 35.4 Å². The Hall–Kier alpha value is -1.68. The summed E-state index contributed by atoms with van der Waals surface area (Å²) in [5, 5.41) is 10.7. The number of aromatic hydroxyl groups is 1. The van der Waals surface area contributed by atoms with Gasteiger partial charge < -0.3 is 5.11 Å². The van der Waals surface area contributed by atoms with Crippen molar-refractivity contribution >= 4 is 5.57 Å². The number of allylic oxidation sites excluding steroid dienone is 1. The molecule has 0 heterocycles. The molecule has 0 aliphatic rings. The number of hydrogen-bond donors (Lipinski definition) is 1. The molecule has 0 amide bonds. The average molecular weight is 298 g/mol. The second-order valence-corrected chi connectivity index (χ2v) is 8.08. The zero-order chi connectivity index (χ0) is 17.1. The van der Waals surface area contributed by atoms with Gasteiger partial charge in [0.25, 0.3) is 0 Å². The number of terminal acetylenes is 1. The molecule has 0 saturated carbocycles. The van der Waals surface area contributed by atoms with Crippen molar-refractivity contribution in [3.63, 3.8) is 0 Å². The first-order chi connectivity index (χ1) is 9.98. The van der Waals surface area contributed by atoms with Crippen LogP contribution in [-0.4, -0.2) is 5.11 Å².